The van der Waals surface area contributed by atoms with Crippen molar-refractivity contribution < 1.29 is 0 Å². The molecule has 0 atom stereocenters. The van der Waals surface area contributed by atoms with Crippen LogP contribution in [-0.4, -0.2) is 27.4 Å². The van der Waals surface area contributed by atoms with Crippen LogP contribution in [0.3, 0.4) is 0 Å². The van der Waals surface area contributed by atoms with Gasteiger partial charge in [0.25, 0.3) is 0 Å². The fourth-order valence-corrected chi connectivity index (χ4v) is 4.32. The van der Waals surface area contributed by atoms with Gasteiger partial charge in [-0.2, -0.15) is 5.10 Å². The van der Waals surface area contributed by atoms with Crippen molar-refractivity contribution in [1.82, 2.24) is 19.6 Å². The van der Waals surface area contributed by atoms with Gasteiger partial charge in [-0.05, 0) is 45.6 Å². The highest BCUT2D eigenvalue weighted by atomic mass is 32.1. The van der Waals surface area contributed by atoms with E-state index in [1.54, 1.807) is 11.3 Å². The van der Waals surface area contributed by atoms with Crippen LogP contribution in [0.2, 0.25) is 0 Å². The number of imidazole rings is 1. The largest absolute Gasteiger partial charge is 0.257 e. The molecule has 0 amide bonds. The van der Waals surface area contributed by atoms with Gasteiger partial charge in [-0.15, -0.1) is 11.3 Å². The zero-order valence-corrected chi connectivity index (χ0v) is 15.6. The molecule has 0 aliphatic rings. The average molecular weight is 326 g/mol. The molecule has 0 radical (unpaired) electrons. The van der Waals surface area contributed by atoms with E-state index in [1.165, 1.54) is 10.4 Å². The number of hydrogen-bond donors (Lipinski definition) is 0. The Labute approximate surface area is 142 Å². The maximum atomic E-state index is 4.88. The molecule has 0 spiro atoms. The molecule has 0 unspecified atom stereocenters. The summed E-state index contributed by atoms with van der Waals surface area (Å²) < 4.78 is 2.04. The molecule has 120 valence electrons. The second-order valence-electron chi connectivity index (χ2n) is 6.18. The molecule has 0 saturated carbocycles. The van der Waals surface area contributed by atoms with Crippen LogP contribution < -0.4 is 5.59 Å². The van der Waals surface area contributed by atoms with Crippen molar-refractivity contribution in [3.8, 4) is 10.6 Å². The molecule has 6 heteroatoms. The van der Waals surface area contributed by atoms with E-state index in [9.17, 15) is 0 Å². The minimum absolute atomic E-state index is 0.526. The van der Waals surface area contributed by atoms with Crippen molar-refractivity contribution in [1.29, 1.82) is 0 Å². The minimum Gasteiger partial charge on any atom is -0.257 e. The summed E-state index contributed by atoms with van der Waals surface area (Å²) in [7, 11) is 2.06. The van der Waals surface area contributed by atoms with E-state index in [4.69, 9.17) is 10.1 Å². The zero-order valence-electron chi connectivity index (χ0n) is 14.8. The van der Waals surface area contributed by atoms with E-state index in [2.05, 4.69) is 46.6 Å². The summed E-state index contributed by atoms with van der Waals surface area (Å²) >= 11 is 1.72. The smallest absolute Gasteiger partial charge is 0.166 e. The Balaban J connectivity index is 2.33. The normalized spacial score (nSPS) is 11.7. The van der Waals surface area contributed by atoms with E-state index in [0.717, 1.165) is 46.2 Å². The number of aryl methyl sites for hydroxylation is 3. The first-order valence-corrected chi connectivity index (χ1v) is 9.09. The molecule has 0 N–H and O–H groups in total. The molecule has 0 aromatic carbocycles. The van der Waals surface area contributed by atoms with E-state index in [-0.39, 0.29) is 0 Å². The molecule has 4 nitrogen and oxygen atoms in total. The van der Waals surface area contributed by atoms with Gasteiger partial charge >= 0.3 is 0 Å². The van der Waals surface area contributed by atoms with Gasteiger partial charge in [0, 0.05) is 11.2 Å². The second kappa shape index (κ2) is 6.08. The number of aromatic nitrogens is 4. The SMILES string of the molecule is Bc1nc(C)sc1-c1c(C)nc2c(C(CC)CC)cc(C)nn12. The van der Waals surface area contributed by atoms with Crippen molar-refractivity contribution in [3.05, 3.63) is 28.0 Å². The summed E-state index contributed by atoms with van der Waals surface area (Å²) in [5.74, 6) is 0.526. The van der Waals surface area contributed by atoms with Gasteiger partial charge in [0.1, 0.15) is 5.69 Å². The quantitative estimate of drug-likeness (QED) is 0.692. The number of fused-ring (bicyclic) bond motifs is 1. The Hall–Kier alpha value is -1.69. The third kappa shape index (κ3) is 2.69. The fraction of sp³-hybridized carbons (Fsp3) is 0.471. The number of rotatable bonds is 4. The lowest BCUT2D eigenvalue weighted by molar-refractivity contribution is 0.638. The lowest BCUT2D eigenvalue weighted by atomic mass is 9.95. The zero-order chi connectivity index (χ0) is 16.7. The van der Waals surface area contributed by atoms with Gasteiger partial charge in [-0.3, -0.25) is 4.98 Å². The highest BCUT2D eigenvalue weighted by Gasteiger charge is 2.21. The Morgan fingerprint density at radius 1 is 1.17 bits per heavy atom. The summed E-state index contributed by atoms with van der Waals surface area (Å²) in [4.78, 5) is 10.6. The summed E-state index contributed by atoms with van der Waals surface area (Å²) in [6.07, 6.45) is 2.24. The monoisotopic (exact) mass is 326 g/mol. The maximum absolute atomic E-state index is 4.88. The highest BCUT2D eigenvalue weighted by molar-refractivity contribution is 7.16. The summed E-state index contributed by atoms with van der Waals surface area (Å²) in [6, 6.07) is 2.20. The van der Waals surface area contributed by atoms with Gasteiger partial charge in [-0.1, -0.05) is 13.8 Å². The van der Waals surface area contributed by atoms with Gasteiger partial charge in [0.2, 0.25) is 0 Å². The van der Waals surface area contributed by atoms with E-state index in [0.29, 0.717) is 5.92 Å². The Morgan fingerprint density at radius 2 is 1.87 bits per heavy atom. The molecule has 23 heavy (non-hydrogen) atoms. The van der Waals surface area contributed by atoms with Crippen LogP contribution >= 0.6 is 11.3 Å². The van der Waals surface area contributed by atoms with Crippen LogP contribution in [0.5, 0.6) is 0 Å². The van der Waals surface area contributed by atoms with Crippen LogP contribution in [0, 0.1) is 20.8 Å². The predicted octanol–water partition coefficient (Wildman–Crippen LogP) is 2.94. The van der Waals surface area contributed by atoms with Crippen LogP contribution in [-0.2, 0) is 0 Å². The minimum atomic E-state index is 0.526. The Bertz CT molecular complexity index is 861. The van der Waals surface area contributed by atoms with Gasteiger partial charge in [0.05, 0.1) is 21.3 Å². The summed E-state index contributed by atoms with van der Waals surface area (Å²) in [5.41, 5.74) is 6.54. The molecule has 0 aliphatic carbocycles. The number of nitrogens with zero attached hydrogens (tertiary/aromatic N) is 4. The molecule has 3 aromatic rings. The van der Waals surface area contributed by atoms with Crippen LogP contribution in [0.15, 0.2) is 6.07 Å². The highest BCUT2D eigenvalue weighted by Crippen LogP contribution is 2.32. The van der Waals surface area contributed by atoms with E-state index >= 15 is 0 Å². The van der Waals surface area contributed by atoms with Gasteiger partial charge < -0.3 is 0 Å². The molecule has 0 fully saturated rings. The summed E-state index contributed by atoms with van der Waals surface area (Å²) in [6.45, 7) is 10.7. The average Bonchev–Trinajstić information content (AvgIpc) is 2.98. The molecule has 0 bridgehead atoms. The third-order valence-corrected chi connectivity index (χ3v) is 5.53. The molecular weight excluding hydrogens is 303 g/mol. The lowest BCUT2D eigenvalue weighted by Gasteiger charge is -2.14. The van der Waals surface area contributed by atoms with Crippen molar-refractivity contribution in [2.75, 3.05) is 0 Å². The molecule has 3 rings (SSSR count). The van der Waals surface area contributed by atoms with Crippen LogP contribution in [0.1, 0.15) is 54.6 Å². The third-order valence-electron chi connectivity index (χ3n) is 4.45. The van der Waals surface area contributed by atoms with Gasteiger partial charge in [0.15, 0.2) is 13.5 Å². The second-order valence-corrected chi connectivity index (χ2v) is 7.39. The first kappa shape index (κ1) is 16.2. The topological polar surface area (TPSA) is 43.1 Å². The van der Waals surface area contributed by atoms with Gasteiger partial charge in [-0.25, -0.2) is 9.50 Å². The maximum Gasteiger partial charge on any atom is 0.166 e. The van der Waals surface area contributed by atoms with Crippen molar-refractivity contribution in [3.63, 3.8) is 0 Å². The van der Waals surface area contributed by atoms with Crippen molar-refractivity contribution in [2.45, 2.75) is 53.4 Å². The lowest BCUT2D eigenvalue weighted by Crippen LogP contribution is -2.09. The Morgan fingerprint density at radius 3 is 2.43 bits per heavy atom. The van der Waals surface area contributed by atoms with E-state index in [1.807, 2.05) is 11.4 Å². The van der Waals surface area contributed by atoms with Crippen molar-refractivity contribution in [2.24, 2.45) is 0 Å². The predicted molar refractivity (Wildman–Crippen MR) is 99.8 cm³/mol. The first-order valence-electron chi connectivity index (χ1n) is 8.27. The van der Waals surface area contributed by atoms with E-state index < -0.39 is 0 Å². The molecule has 0 aliphatic heterocycles. The molecule has 0 saturated heterocycles. The molecular formula is C17H23BN4S. The van der Waals surface area contributed by atoms with Crippen LogP contribution in [0.25, 0.3) is 16.2 Å². The van der Waals surface area contributed by atoms with Crippen LogP contribution in [0.4, 0.5) is 0 Å². The molecule has 3 heterocycles. The Kier molecular flexibility index (Phi) is 4.28. The first-order chi connectivity index (χ1) is 11.0. The van der Waals surface area contributed by atoms with Crippen molar-refractivity contribution >= 4 is 30.4 Å². The standard InChI is InChI=1S/C17H23BN4S/c1-6-12(7-2)13-8-9(3)21-22-14(10(4)19-17(13)22)15-16(18)20-11(5)23-15/h8,12H,6-7,18H2,1-5H3. The fourth-order valence-electron chi connectivity index (χ4n) is 3.32. The molecule has 3 aromatic heterocycles. The number of hydrogen-bond acceptors (Lipinski definition) is 4. The summed E-state index contributed by atoms with van der Waals surface area (Å²) in [5, 5.41) is 5.85. The number of thiazole rings is 1.